The lowest BCUT2D eigenvalue weighted by Gasteiger charge is -2.11. The van der Waals surface area contributed by atoms with E-state index in [4.69, 9.17) is 20.9 Å². The first kappa shape index (κ1) is 19.4. The number of pyridine rings is 1. The van der Waals surface area contributed by atoms with E-state index >= 15 is 0 Å². The number of ether oxygens (including phenoxy) is 1. The molecule has 3 aromatic rings. The summed E-state index contributed by atoms with van der Waals surface area (Å²) in [6.45, 7) is 1.07. The second-order valence-corrected chi connectivity index (χ2v) is 7.19. The first-order valence-electron chi connectivity index (χ1n) is 9.27. The van der Waals surface area contributed by atoms with Gasteiger partial charge in [-0.15, -0.1) is 0 Å². The molecule has 1 amide bonds. The minimum Gasteiger partial charge on any atom is -0.376 e. The Balaban J connectivity index is 1.47. The second kappa shape index (κ2) is 8.59. The number of hydrogen-bond acceptors (Lipinski definition) is 6. The van der Waals surface area contributed by atoms with Crippen molar-refractivity contribution in [1.82, 2.24) is 20.0 Å². The van der Waals surface area contributed by atoms with Crippen LogP contribution in [0.2, 0.25) is 5.02 Å². The fourth-order valence-electron chi connectivity index (χ4n) is 3.08. The second-order valence-electron chi connectivity index (χ2n) is 6.75. The molecule has 3 heterocycles. The van der Waals surface area contributed by atoms with Crippen LogP contribution in [0.1, 0.15) is 12.8 Å². The normalized spacial score (nSPS) is 16.1. The highest BCUT2D eigenvalue weighted by Gasteiger charge is 2.17. The lowest BCUT2D eigenvalue weighted by molar-refractivity contribution is -0.122. The van der Waals surface area contributed by atoms with E-state index < -0.39 is 0 Å². The van der Waals surface area contributed by atoms with Gasteiger partial charge in [0.2, 0.25) is 11.7 Å². The summed E-state index contributed by atoms with van der Waals surface area (Å²) in [5.74, 6) is 0.402. The van der Waals surface area contributed by atoms with Gasteiger partial charge in [0, 0.05) is 36.0 Å². The molecule has 1 saturated heterocycles. The number of carbonyl (C=O) groups excluding carboxylic acids is 1. The maximum atomic E-state index is 12.2. The smallest absolute Gasteiger partial charge is 0.259 e. The molecule has 8 nitrogen and oxygen atoms in total. The molecule has 0 spiro atoms. The summed E-state index contributed by atoms with van der Waals surface area (Å²) in [5, 5.41) is 7.39. The van der Waals surface area contributed by atoms with E-state index in [0.29, 0.717) is 23.0 Å². The largest absolute Gasteiger partial charge is 0.376 e. The molecule has 1 aromatic carbocycles. The molecule has 1 atom stereocenters. The number of carbonyl (C=O) groups is 1. The molecule has 1 N–H and O–H groups in total. The molecule has 150 valence electrons. The molecule has 1 aliphatic rings. The summed E-state index contributed by atoms with van der Waals surface area (Å²) in [7, 11) is 0. The van der Waals surface area contributed by atoms with E-state index in [9.17, 15) is 9.59 Å². The Labute approximate surface area is 171 Å². The lowest BCUT2D eigenvalue weighted by Crippen LogP contribution is -2.36. The van der Waals surface area contributed by atoms with Crippen molar-refractivity contribution in [3.05, 3.63) is 58.0 Å². The number of rotatable bonds is 6. The fraction of sp³-hybridized carbons (Fsp3) is 0.300. The predicted molar refractivity (Wildman–Crippen MR) is 106 cm³/mol. The van der Waals surface area contributed by atoms with Crippen molar-refractivity contribution in [3.8, 4) is 22.8 Å². The molecular formula is C20H19ClN4O4. The minimum atomic E-state index is -0.293. The van der Waals surface area contributed by atoms with Crippen molar-refractivity contribution < 1.29 is 14.1 Å². The van der Waals surface area contributed by atoms with Crippen LogP contribution in [0.3, 0.4) is 0 Å². The topological polar surface area (TPSA) is 99.3 Å². The van der Waals surface area contributed by atoms with Gasteiger partial charge in [-0.25, -0.2) is 0 Å². The molecule has 29 heavy (non-hydrogen) atoms. The highest BCUT2D eigenvalue weighted by Crippen LogP contribution is 2.22. The van der Waals surface area contributed by atoms with Crippen LogP contribution in [0.15, 0.2) is 51.9 Å². The number of aromatic nitrogens is 3. The van der Waals surface area contributed by atoms with E-state index in [1.807, 2.05) is 0 Å². The van der Waals surface area contributed by atoms with Crippen LogP contribution in [-0.2, 0) is 16.1 Å². The van der Waals surface area contributed by atoms with Gasteiger partial charge in [-0.2, -0.15) is 4.98 Å². The van der Waals surface area contributed by atoms with Crippen LogP contribution in [-0.4, -0.2) is 39.9 Å². The molecule has 9 heteroatoms. The maximum absolute atomic E-state index is 12.2. The summed E-state index contributed by atoms with van der Waals surface area (Å²) in [6.07, 6.45) is 3.52. The molecule has 0 unspecified atom stereocenters. The van der Waals surface area contributed by atoms with Crippen LogP contribution >= 0.6 is 11.6 Å². The Hall–Kier alpha value is -2.97. The first-order valence-corrected chi connectivity index (χ1v) is 9.65. The monoisotopic (exact) mass is 414 g/mol. The average Bonchev–Trinajstić information content (AvgIpc) is 3.41. The van der Waals surface area contributed by atoms with Gasteiger partial charge in [0.05, 0.1) is 11.7 Å². The first-order chi connectivity index (χ1) is 14.1. The van der Waals surface area contributed by atoms with Crippen molar-refractivity contribution >= 4 is 17.5 Å². The van der Waals surface area contributed by atoms with Gasteiger partial charge in [-0.1, -0.05) is 16.8 Å². The summed E-state index contributed by atoms with van der Waals surface area (Å²) in [6, 6.07) is 10.0. The molecule has 0 bridgehead atoms. The maximum Gasteiger partial charge on any atom is 0.259 e. The van der Waals surface area contributed by atoms with Crippen LogP contribution in [0.5, 0.6) is 0 Å². The van der Waals surface area contributed by atoms with Crippen LogP contribution < -0.4 is 10.9 Å². The van der Waals surface area contributed by atoms with E-state index in [-0.39, 0.29) is 30.0 Å². The zero-order valence-corrected chi connectivity index (χ0v) is 16.3. The van der Waals surface area contributed by atoms with Crippen molar-refractivity contribution in [2.24, 2.45) is 0 Å². The van der Waals surface area contributed by atoms with Crippen LogP contribution in [0.25, 0.3) is 22.8 Å². The molecule has 2 aromatic heterocycles. The molecule has 0 radical (unpaired) electrons. The lowest BCUT2D eigenvalue weighted by atomic mass is 10.2. The average molecular weight is 415 g/mol. The molecular weight excluding hydrogens is 396 g/mol. The number of nitrogens with one attached hydrogen (secondary N) is 1. The van der Waals surface area contributed by atoms with Gasteiger partial charge >= 0.3 is 0 Å². The highest BCUT2D eigenvalue weighted by atomic mass is 35.5. The standard InChI is InChI=1S/C20H19ClN4O4/c21-15-6-3-13(4-7-15)19-23-20(29-24-19)14-5-8-18(27)25(11-14)12-17(26)22-10-16-2-1-9-28-16/h3-8,11,16H,1-2,9-10,12H2,(H,22,26)/t16-/m1/s1. The van der Waals surface area contributed by atoms with Crippen molar-refractivity contribution in [2.75, 3.05) is 13.2 Å². The van der Waals surface area contributed by atoms with Crippen molar-refractivity contribution in [3.63, 3.8) is 0 Å². The molecule has 1 aliphatic heterocycles. The Bertz CT molecular complexity index is 1050. The van der Waals surface area contributed by atoms with Crippen molar-refractivity contribution in [1.29, 1.82) is 0 Å². The fourth-order valence-corrected chi connectivity index (χ4v) is 3.21. The van der Waals surface area contributed by atoms with E-state index in [0.717, 1.165) is 25.0 Å². The number of nitrogens with zero attached hydrogens (tertiary/aromatic N) is 3. The molecule has 0 aliphatic carbocycles. The third-order valence-corrected chi connectivity index (χ3v) is 4.88. The Morgan fingerprint density at radius 3 is 2.76 bits per heavy atom. The van der Waals surface area contributed by atoms with Gasteiger partial charge in [0.1, 0.15) is 6.54 Å². The summed E-state index contributed by atoms with van der Waals surface area (Å²) in [4.78, 5) is 28.7. The zero-order valence-electron chi connectivity index (χ0n) is 15.5. The van der Waals surface area contributed by atoms with Gasteiger partial charge in [-0.05, 0) is 43.2 Å². The third-order valence-electron chi connectivity index (χ3n) is 4.62. The highest BCUT2D eigenvalue weighted by molar-refractivity contribution is 6.30. The van der Waals surface area contributed by atoms with E-state index in [1.54, 1.807) is 30.3 Å². The Morgan fingerprint density at radius 1 is 1.21 bits per heavy atom. The minimum absolute atomic E-state index is 0.0479. The molecule has 0 saturated carbocycles. The van der Waals surface area contributed by atoms with Crippen molar-refractivity contribution in [2.45, 2.75) is 25.5 Å². The summed E-state index contributed by atoms with van der Waals surface area (Å²) < 4.78 is 12.1. The number of benzene rings is 1. The van der Waals surface area contributed by atoms with Gasteiger partial charge in [-0.3, -0.25) is 9.59 Å². The Morgan fingerprint density at radius 2 is 2.00 bits per heavy atom. The van der Waals surface area contributed by atoms with Crippen LogP contribution in [0, 0.1) is 0 Å². The van der Waals surface area contributed by atoms with Gasteiger partial charge in [0.15, 0.2) is 0 Å². The number of amides is 1. The summed E-state index contributed by atoms with van der Waals surface area (Å²) >= 11 is 5.90. The molecule has 1 fully saturated rings. The Kier molecular flexibility index (Phi) is 5.73. The number of halogens is 1. The summed E-state index contributed by atoms with van der Waals surface area (Å²) in [5.41, 5.74) is 1.01. The zero-order chi connectivity index (χ0) is 20.2. The third kappa shape index (κ3) is 4.72. The van der Waals surface area contributed by atoms with E-state index in [2.05, 4.69) is 15.5 Å². The quantitative estimate of drug-likeness (QED) is 0.665. The van der Waals surface area contributed by atoms with Crippen LogP contribution in [0.4, 0.5) is 0 Å². The van der Waals surface area contributed by atoms with Gasteiger partial charge in [0.25, 0.3) is 11.4 Å². The number of hydrogen-bond donors (Lipinski definition) is 1. The SMILES string of the molecule is O=C(Cn1cc(-c2nc(-c3ccc(Cl)cc3)no2)ccc1=O)NC[C@H]1CCCO1. The molecule has 4 rings (SSSR count). The predicted octanol–water partition coefficient (Wildman–Crippen LogP) is 2.51. The van der Waals surface area contributed by atoms with E-state index in [1.165, 1.54) is 16.8 Å². The van der Waals surface area contributed by atoms with Gasteiger partial charge < -0.3 is 19.1 Å².